The minimum absolute atomic E-state index is 0. The molecule has 0 radical (unpaired) electrons. The van der Waals surface area contributed by atoms with Gasteiger partial charge in [0.05, 0.1) is 18.8 Å². The Labute approximate surface area is 176 Å². The van der Waals surface area contributed by atoms with E-state index in [2.05, 4.69) is 57.3 Å². The van der Waals surface area contributed by atoms with Gasteiger partial charge in [0.15, 0.2) is 5.96 Å². The lowest BCUT2D eigenvalue weighted by Gasteiger charge is -2.28. The van der Waals surface area contributed by atoms with Crippen LogP contribution < -0.4 is 10.6 Å². The Morgan fingerprint density at radius 1 is 1.27 bits per heavy atom. The number of aryl methyl sites for hydroxylation is 2. The van der Waals surface area contributed by atoms with Crippen LogP contribution in [0.1, 0.15) is 57.5 Å². The van der Waals surface area contributed by atoms with Gasteiger partial charge in [0.1, 0.15) is 0 Å². The molecular formula is C19H38IN5O. The summed E-state index contributed by atoms with van der Waals surface area (Å²) >= 11 is 0. The number of aliphatic hydroxyl groups excluding tert-OH is 1. The van der Waals surface area contributed by atoms with Crippen LogP contribution in [0.15, 0.2) is 4.99 Å². The molecule has 7 heteroatoms. The average Bonchev–Trinajstić information content (AvgIpc) is 2.83. The molecule has 1 atom stereocenters. The average molecular weight is 479 g/mol. The molecule has 0 amide bonds. The molecule has 0 saturated carbocycles. The lowest BCUT2D eigenvalue weighted by Crippen LogP contribution is -2.44. The number of aliphatic hydroxyl groups is 1. The molecule has 0 aliphatic carbocycles. The number of hydrogen-bond donors (Lipinski definition) is 3. The zero-order valence-electron chi connectivity index (χ0n) is 17.5. The molecule has 1 aromatic rings. The monoisotopic (exact) mass is 479 g/mol. The summed E-state index contributed by atoms with van der Waals surface area (Å²) < 4.78 is 1.94. The molecule has 0 spiro atoms. The number of hydrogen-bond acceptors (Lipinski definition) is 3. The molecule has 1 rings (SSSR count). The normalized spacial score (nSPS) is 13.3. The maximum Gasteiger partial charge on any atom is 0.191 e. The second-order valence-electron chi connectivity index (χ2n) is 7.08. The largest absolute Gasteiger partial charge is 0.396 e. The summed E-state index contributed by atoms with van der Waals surface area (Å²) in [7, 11) is 1.99. The van der Waals surface area contributed by atoms with Crippen molar-refractivity contribution in [3.63, 3.8) is 0 Å². The van der Waals surface area contributed by atoms with Crippen molar-refractivity contribution in [1.82, 2.24) is 20.4 Å². The molecule has 0 bridgehead atoms. The van der Waals surface area contributed by atoms with Crippen LogP contribution >= 0.6 is 24.0 Å². The van der Waals surface area contributed by atoms with E-state index in [1.54, 1.807) is 0 Å². The Bertz CT molecular complexity index is 558. The highest BCUT2D eigenvalue weighted by Crippen LogP contribution is 2.25. The third-order valence-electron chi connectivity index (χ3n) is 5.30. The van der Waals surface area contributed by atoms with Crippen molar-refractivity contribution in [3.05, 3.63) is 17.0 Å². The van der Waals surface area contributed by atoms with Gasteiger partial charge in [-0.25, -0.2) is 0 Å². The number of guanidine groups is 1. The van der Waals surface area contributed by atoms with Gasteiger partial charge in [0.2, 0.25) is 0 Å². The molecule has 152 valence electrons. The maximum atomic E-state index is 9.74. The summed E-state index contributed by atoms with van der Waals surface area (Å²) in [6.45, 7) is 14.3. The number of nitrogens with one attached hydrogen (secondary N) is 2. The molecule has 0 aliphatic rings. The fourth-order valence-electron chi connectivity index (χ4n) is 3.02. The number of aromatic nitrogens is 2. The second-order valence-corrected chi connectivity index (χ2v) is 7.08. The lowest BCUT2D eigenvalue weighted by molar-refractivity contribution is 0.123. The Hall–Kier alpha value is -0.830. The highest BCUT2D eigenvalue weighted by atomic mass is 127. The molecule has 1 aromatic heterocycles. The summed E-state index contributed by atoms with van der Waals surface area (Å²) in [6, 6.07) is 0.242. The molecular weight excluding hydrogens is 441 g/mol. The van der Waals surface area contributed by atoms with Gasteiger partial charge in [-0.1, -0.05) is 13.8 Å². The van der Waals surface area contributed by atoms with Crippen molar-refractivity contribution >= 4 is 29.9 Å². The van der Waals surface area contributed by atoms with Gasteiger partial charge in [0, 0.05) is 30.7 Å². The Morgan fingerprint density at radius 3 is 2.31 bits per heavy atom. The van der Waals surface area contributed by atoms with E-state index in [0.29, 0.717) is 6.54 Å². The van der Waals surface area contributed by atoms with E-state index in [1.807, 2.05) is 11.7 Å². The quantitative estimate of drug-likeness (QED) is 0.289. The predicted octanol–water partition coefficient (Wildman–Crippen LogP) is 2.94. The SMILES string of the molecule is CCNC(=NCC(CC)(CC)CO)NC(C)Cc1c(C)nn(C)c1C.I. The summed E-state index contributed by atoms with van der Waals surface area (Å²) in [5.74, 6) is 0.814. The number of nitrogens with zero attached hydrogens (tertiary/aromatic N) is 3. The molecule has 3 N–H and O–H groups in total. The first kappa shape index (κ1) is 25.2. The zero-order valence-corrected chi connectivity index (χ0v) is 19.8. The van der Waals surface area contributed by atoms with E-state index in [-0.39, 0.29) is 42.0 Å². The van der Waals surface area contributed by atoms with E-state index in [0.717, 1.165) is 37.5 Å². The molecule has 0 aliphatic heterocycles. The van der Waals surface area contributed by atoms with Gasteiger partial charge < -0.3 is 15.7 Å². The van der Waals surface area contributed by atoms with Crippen molar-refractivity contribution in [3.8, 4) is 0 Å². The first-order valence-electron chi connectivity index (χ1n) is 9.47. The van der Waals surface area contributed by atoms with Crippen LogP contribution in [0.4, 0.5) is 0 Å². The van der Waals surface area contributed by atoms with Gasteiger partial charge >= 0.3 is 0 Å². The lowest BCUT2D eigenvalue weighted by atomic mass is 9.83. The maximum absolute atomic E-state index is 9.74. The van der Waals surface area contributed by atoms with E-state index in [9.17, 15) is 5.11 Å². The van der Waals surface area contributed by atoms with Crippen LogP contribution in [0.5, 0.6) is 0 Å². The van der Waals surface area contributed by atoms with Crippen LogP contribution in [0.3, 0.4) is 0 Å². The summed E-state index contributed by atoms with van der Waals surface area (Å²) in [4.78, 5) is 4.74. The van der Waals surface area contributed by atoms with Gasteiger partial charge in [-0.2, -0.15) is 5.10 Å². The van der Waals surface area contributed by atoms with Crippen molar-refractivity contribution in [2.75, 3.05) is 19.7 Å². The van der Waals surface area contributed by atoms with Gasteiger partial charge in [-0.05, 0) is 52.5 Å². The van der Waals surface area contributed by atoms with Gasteiger partial charge in [-0.15, -0.1) is 24.0 Å². The first-order chi connectivity index (χ1) is 11.8. The van der Waals surface area contributed by atoms with Crippen LogP contribution in [-0.2, 0) is 13.5 Å². The minimum atomic E-state index is -0.123. The Kier molecular flexibility index (Phi) is 11.4. The standard InChI is InChI=1S/C19H37N5O.HI/c1-8-19(9-2,13-25)12-21-18(20-10-3)22-14(4)11-17-15(5)23-24(7)16(17)6;/h14,25H,8-13H2,1-7H3,(H2,20,21,22);1H. The molecule has 0 saturated heterocycles. The van der Waals surface area contributed by atoms with Crippen LogP contribution in [0, 0.1) is 19.3 Å². The summed E-state index contributed by atoms with van der Waals surface area (Å²) in [6.07, 6.45) is 2.75. The fraction of sp³-hybridized carbons (Fsp3) is 0.789. The zero-order chi connectivity index (χ0) is 19.0. The number of halogens is 1. The Balaban J connectivity index is 0.00000625. The van der Waals surface area contributed by atoms with Crippen molar-refractivity contribution in [2.24, 2.45) is 17.5 Å². The number of aliphatic imine (C=N–C) groups is 1. The van der Waals surface area contributed by atoms with Crippen molar-refractivity contribution in [2.45, 2.75) is 66.8 Å². The molecule has 1 unspecified atom stereocenters. The van der Waals surface area contributed by atoms with Crippen LogP contribution in [0.2, 0.25) is 0 Å². The molecule has 0 fully saturated rings. The predicted molar refractivity (Wildman–Crippen MR) is 120 cm³/mol. The molecule has 1 heterocycles. The van der Waals surface area contributed by atoms with Crippen LogP contribution in [0.25, 0.3) is 0 Å². The van der Waals surface area contributed by atoms with E-state index in [4.69, 9.17) is 4.99 Å². The topological polar surface area (TPSA) is 74.5 Å². The molecule has 6 nitrogen and oxygen atoms in total. The number of rotatable bonds is 9. The van der Waals surface area contributed by atoms with Crippen LogP contribution in [-0.4, -0.2) is 46.6 Å². The van der Waals surface area contributed by atoms with E-state index < -0.39 is 0 Å². The van der Waals surface area contributed by atoms with E-state index in [1.165, 1.54) is 11.3 Å². The second kappa shape index (κ2) is 11.8. The van der Waals surface area contributed by atoms with Gasteiger partial charge in [-0.3, -0.25) is 9.67 Å². The van der Waals surface area contributed by atoms with Crippen molar-refractivity contribution < 1.29 is 5.11 Å². The Morgan fingerprint density at radius 2 is 1.88 bits per heavy atom. The first-order valence-corrected chi connectivity index (χ1v) is 9.47. The third-order valence-corrected chi connectivity index (χ3v) is 5.30. The third kappa shape index (κ3) is 6.72. The molecule has 26 heavy (non-hydrogen) atoms. The van der Waals surface area contributed by atoms with E-state index >= 15 is 0 Å². The van der Waals surface area contributed by atoms with Gasteiger partial charge in [0.25, 0.3) is 0 Å². The summed E-state index contributed by atoms with van der Waals surface area (Å²) in [5.41, 5.74) is 3.48. The summed E-state index contributed by atoms with van der Waals surface area (Å²) in [5, 5.41) is 21.0. The highest BCUT2D eigenvalue weighted by Gasteiger charge is 2.25. The van der Waals surface area contributed by atoms with Crippen molar-refractivity contribution in [1.29, 1.82) is 0 Å². The molecule has 0 aromatic carbocycles. The highest BCUT2D eigenvalue weighted by molar-refractivity contribution is 14.0. The smallest absolute Gasteiger partial charge is 0.191 e. The minimum Gasteiger partial charge on any atom is -0.396 e. The fourth-order valence-corrected chi connectivity index (χ4v) is 3.02.